The van der Waals surface area contributed by atoms with Crippen molar-refractivity contribution in [1.29, 1.82) is 5.26 Å². The second-order valence-corrected chi connectivity index (χ2v) is 5.86. The number of nitriles is 1. The summed E-state index contributed by atoms with van der Waals surface area (Å²) >= 11 is 5.73. The van der Waals surface area contributed by atoms with E-state index in [2.05, 4.69) is 4.98 Å². The Balaban J connectivity index is 2.03. The molecule has 4 nitrogen and oxygen atoms in total. The van der Waals surface area contributed by atoms with Crippen LogP contribution in [0.3, 0.4) is 0 Å². The second-order valence-electron chi connectivity index (χ2n) is 5.43. The molecule has 0 aliphatic rings. The molecule has 1 heterocycles. The van der Waals surface area contributed by atoms with E-state index in [9.17, 15) is 22.8 Å². The summed E-state index contributed by atoms with van der Waals surface area (Å²) in [5.74, 6) is -2.20. The van der Waals surface area contributed by atoms with Crippen LogP contribution in [0.4, 0.5) is 13.2 Å². The maximum absolute atomic E-state index is 12.5. The smallest absolute Gasteiger partial charge is 0.298 e. The van der Waals surface area contributed by atoms with Crippen molar-refractivity contribution in [3.05, 3.63) is 64.4 Å². The van der Waals surface area contributed by atoms with Crippen LogP contribution >= 0.6 is 11.6 Å². The predicted molar refractivity (Wildman–Crippen MR) is 87.6 cm³/mol. The van der Waals surface area contributed by atoms with Gasteiger partial charge in [-0.25, -0.2) is 0 Å². The molecule has 26 heavy (non-hydrogen) atoms. The van der Waals surface area contributed by atoms with Crippen molar-refractivity contribution in [2.75, 3.05) is 0 Å². The Morgan fingerprint density at radius 2 is 1.77 bits per heavy atom. The highest BCUT2D eigenvalue weighted by Crippen LogP contribution is 2.29. The molecular formula is C18H12ClF3N2O2. The number of carbonyl (C=O) groups is 2. The van der Waals surface area contributed by atoms with Crippen molar-refractivity contribution in [2.45, 2.75) is 24.9 Å². The number of alkyl halides is 3. The lowest BCUT2D eigenvalue weighted by Crippen LogP contribution is -2.15. The first-order valence-corrected chi connectivity index (χ1v) is 7.84. The van der Waals surface area contributed by atoms with Gasteiger partial charge in [0, 0.05) is 29.6 Å². The van der Waals surface area contributed by atoms with Crippen molar-refractivity contribution in [3.63, 3.8) is 0 Å². The van der Waals surface area contributed by atoms with Crippen LogP contribution < -0.4 is 0 Å². The molecule has 8 heteroatoms. The topological polar surface area (TPSA) is 70.8 Å². The average Bonchev–Trinajstić information content (AvgIpc) is 2.60. The normalized spacial score (nSPS) is 12.3. The minimum atomic E-state index is -4.55. The molecule has 1 aromatic heterocycles. The quantitative estimate of drug-likeness (QED) is 0.687. The number of halogens is 4. The van der Waals surface area contributed by atoms with Gasteiger partial charge in [0.1, 0.15) is 5.92 Å². The summed E-state index contributed by atoms with van der Waals surface area (Å²) < 4.78 is 37.6. The molecule has 134 valence electrons. The molecule has 0 aliphatic heterocycles. The highest BCUT2D eigenvalue weighted by molar-refractivity contribution is 6.30. The number of aromatic nitrogens is 1. The third-order valence-corrected chi connectivity index (χ3v) is 3.88. The molecule has 0 spiro atoms. The van der Waals surface area contributed by atoms with E-state index in [-0.39, 0.29) is 24.3 Å². The van der Waals surface area contributed by atoms with Crippen LogP contribution in [0.25, 0.3) is 0 Å². The Labute approximate surface area is 152 Å². The minimum absolute atomic E-state index is 0.0792. The molecule has 0 fully saturated rings. The maximum atomic E-state index is 12.5. The van der Waals surface area contributed by atoms with Gasteiger partial charge in [0.15, 0.2) is 11.6 Å². The van der Waals surface area contributed by atoms with E-state index in [0.717, 1.165) is 12.1 Å². The number of hydrogen-bond donors (Lipinski definition) is 0. The Morgan fingerprint density at radius 3 is 2.27 bits per heavy atom. The van der Waals surface area contributed by atoms with Crippen molar-refractivity contribution >= 4 is 23.2 Å². The monoisotopic (exact) mass is 380 g/mol. The molecule has 0 amide bonds. The largest absolute Gasteiger partial charge is 0.417 e. The number of ketones is 2. The zero-order valence-electron chi connectivity index (χ0n) is 13.3. The Bertz CT molecular complexity index is 841. The number of nitrogens with zero attached hydrogens (tertiary/aromatic N) is 2. The molecule has 0 saturated heterocycles. The van der Waals surface area contributed by atoms with Gasteiger partial charge in [-0.1, -0.05) is 11.6 Å². The van der Waals surface area contributed by atoms with Gasteiger partial charge in [-0.3, -0.25) is 14.6 Å². The molecule has 2 aromatic rings. The number of benzene rings is 1. The van der Waals surface area contributed by atoms with Crippen molar-refractivity contribution < 1.29 is 22.8 Å². The number of pyridine rings is 1. The second kappa shape index (κ2) is 8.11. The predicted octanol–water partition coefficient (Wildman–Crippen LogP) is 4.59. The third-order valence-electron chi connectivity index (χ3n) is 3.63. The van der Waals surface area contributed by atoms with Crippen LogP contribution in [-0.4, -0.2) is 16.6 Å². The van der Waals surface area contributed by atoms with Gasteiger partial charge >= 0.3 is 6.18 Å². The first-order chi connectivity index (χ1) is 12.2. The fourth-order valence-corrected chi connectivity index (χ4v) is 2.33. The fourth-order valence-electron chi connectivity index (χ4n) is 2.21. The number of hydrogen-bond acceptors (Lipinski definition) is 4. The molecule has 1 atom stereocenters. The number of rotatable bonds is 6. The molecule has 2 rings (SSSR count). The Morgan fingerprint density at radius 1 is 1.12 bits per heavy atom. The lowest BCUT2D eigenvalue weighted by molar-refractivity contribution is -0.137. The summed E-state index contributed by atoms with van der Waals surface area (Å²) in [6.07, 6.45) is -4.32. The fraction of sp³-hybridized carbons (Fsp3) is 0.222. The highest BCUT2D eigenvalue weighted by atomic mass is 35.5. The molecule has 1 unspecified atom stereocenters. The summed E-state index contributed by atoms with van der Waals surface area (Å²) in [5, 5.41) is 9.63. The van der Waals surface area contributed by atoms with Crippen LogP contribution in [0.2, 0.25) is 5.02 Å². The van der Waals surface area contributed by atoms with Gasteiger partial charge in [-0.05, 0) is 36.4 Å². The van der Waals surface area contributed by atoms with Gasteiger partial charge in [0.2, 0.25) is 0 Å². The summed E-state index contributed by atoms with van der Waals surface area (Å²) in [4.78, 5) is 27.8. The summed E-state index contributed by atoms with van der Waals surface area (Å²) in [6.45, 7) is 0. The molecule has 0 N–H and O–H groups in total. The minimum Gasteiger partial charge on any atom is -0.298 e. The first kappa shape index (κ1) is 19.6. The van der Waals surface area contributed by atoms with Crippen LogP contribution in [0.1, 0.15) is 40.4 Å². The SMILES string of the molecule is N#CC(C(=O)CCC(=O)c1ccc(Cl)cc1)c1ccc(C(F)(F)F)cn1. The zero-order chi connectivity index (χ0) is 19.3. The van der Waals surface area contributed by atoms with Gasteiger partial charge in [0.05, 0.1) is 17.3 Å². The molecule has 0 aliphatic carbocycles. The number of carbonyl (C=O) groups excluding carboxylic acids is 2. The van der Waals surface area contributed by atoms with Gasteiger partial charge in [-0.15, -0.1) is 0 Å². The molecule has 0 radical (unpaired) electrons. The van der Waals surface area contributed by atoms with Crippen molar-refractivity contribution in [3.8, 4) is 6.07 Å². The van der Waals surface area contributed by atoms with Crippen molar-refractivity contribution in [1.82, 2.24) is 4.98 Å². The number of Topliss-reactive ketones (excluding diaryl/α,β-unsaturated/α-hetero) is 2. The van der Waals surface area contributed by atoms with E-state index in [4.69, 9.17) is 16.9 Å². The van der Waals surface area contributed by atoms with Gasteiger partial charge in [-0.2, -0.15) is 18.4 Å². The van der Waals surface area contributed by atoms with E-state index < -0.39 is 23.4 Å². The molecule has 0 saturated carbocycles. The van der Waals surface area contributed by atoms with Crippen LogP contribution in [0.15, 0.2) is 42.6 Å². The lowest BCUT2D eigenvalue weighted by atomic mass is 9.95. The molecular weight excluding hydrogens is 369 g/mol. The van der Waals surface area contributed by atoms with E-state index in [1.165, 1.54) is 12.1 Å². The Hall–Kier alpha value is -2.72. The van der Waals surface area contributed by atoms with E-state index >= 15 is 0 Å². The van der Waals surface area contributed by atoms with Gasteiger partial charge in [0.25, 0.3) is 0 Å². The van der Waals surface area contributed by atoms with Crippen LogP contribution in [0.5, 0.6) is 0 Å². The average molecular weight is 381 g/mol. The molecule has 0 bridgehead atoms. The van der Waals surface area contributed by atoms with E-state index in [1.54, 1.807) is 18.2 Å². The van der Waals surface area contributed by atoms with E-state index in [0.29, 0.717) is 16.8 Å². The van der Waals surface area contributed by atoms with Crippen LogP contribution in [-0.2, 0) is 11.0 Å². The highest BCUT2D eigenvalue weighted by Gasteiger charge is 2.31. The lowest BCUT2D eigenvalue weighted by Gasteiger charge is -2.10. The van der Waals surface area contributed by atoms with Gasteiger partial charge < -0.3 is 0 Å². The van der Waals surface area contributed by atoms with Crippen molar-refractivity contribution in [2.24, 2.45) is 0 Å². The summed E-state index contributed by atoms with van der Waals surface area (Å²) in [7, 11) is 0. The summed E-state index contributed by atoms with van der Waals surface area (Å²) in [5.41, 5.74) is -0.670. The first-order valence-electron chi connectivity index (χ1n) is 7.46. The van der Waals surface area contributed by atoms with E-state index in [1.807, 2.05) is 0 Å². The van der Waals surface area contributed by atoms with Crippen LogP contribution in [0, 0.1) is 11.3 Å². The third kappa shape index (κ3) is 4.90. The zero-order valence-corrected chi connectivity index (χ0v) is 14.0. The maximum Gasteiger partial charge on any atom is 0.417 e. The standard InChI is InChI=1S/C18H12ClF3N2O2/c19-13-4-1-11(2-5-13)16(25)7-8-17(26)14(9-23)15-6-3-12(10-24-15)18(20,21)22/h1-6,10,14H,7-8H2. The molecule has 1 aromatic carbocycles. The summed E-state index contributed by atoms with van der Waals surface area (Å²) in [6, 6.07) is 9.61. The Kier molecular flexibility index (Phi) is 6.11.